The van der Waals surface area contributed by atoms with Gasteiger partial charge in [-0.05, 0) is 66.2 Å². The minimum atomic E-state index is -0.778. The lowest BCUT2D eigenvalue weighted by Gasteiger charge is -2.23. The number of aliphatic hydroxyl groups is 16. The monoisotopic (exact) mass is 849 g/mol. The van der Waals surface area contributed by atoms with E-state index in [4.69, 9.17) is 76.6 Å². The molecule has 0 heterocycles. The molecule has 0 rings (SSSR count). The van der Waals surface area contributed by atoms with Gasteiger partial charge in [-0.15, -0.1) is 0 Å². The van der Waals surface area contributed by atoms with E-state index >= 15 is 0 Å². The average Bonchev–Trinajstić information content (AvgIpc) is 3.21. The molecule has 16 heteroatoms. The first-order valence-electron chi connectivity index (χ1n) is 20.5. The van der Waals surface area contributed by atoms with Crippen molar-refractivity contribution >= 4 is 0 Å². The van der Waals surface area contributed by atoms with E-state index in [0.717, 1.165) is 19.3 Å². The molecule has 0 saturated carbocycles. The molecule has 0 unspecified atom stereocenters. The number of rotatable bonds is 17. The Balaban J connectivity index is -0.0000000654. The molecule has 16 nitrogen and oxygen atoms in total. The second-order valence-corrected chi connectivity index (χ2v) is 14.6. The minimum absolute atomic E-state index is 0.0139. The van der Waals surface area contributed by atoms with Gasteiger partial charge in [0.2, 0.25) is 0 Å². The highest BCUT2D eigenvalue weighted by Crippen LogP contribution is 2.17. The molecule has 0 aromatic heterocycles. The van der Waals surface area contributed by atoms with Crippen molar-refractivity contribution in [3.05, 3.63) is 0 Å². The van der Waals surface area contributed by atoms with Crippen LogP contribution in [0.2, 0.25) is 0 Å². The predicted molar refractivity (Wildman–Crippen MR) is 230 cm³/mol. The maximum Gasteiger partial charge on any atom is 0.0818 e. The molecule has 0 aromatic carbocycles. The van der Waals surface area contributed by atoms with E-state index in [1.54, 1.807) is 48.5 Å². The Morgan fingerprint density at radius 2 is 0.684 bits per heavy atom. The Morgan fingerprint density at radius 3 is 0.702 bits per heavy atom. The van der Waals surface area contributed by atoms with Gasteiger partial charge in [0.1, 0.15) is 0 Å². The molecule has 0 aliphatic carbocycles. The van der Waals surface area contributed by atoms with E-state index in [-0.39, 0.29) is 94.8 Å². The molecule has 0 bridgehead atoms. The summed E-state index contributed by atoms with van der Waals surface area (Å²) >= 11 is 0. The van der Waals surface area contributed by atoms with Crippen LogP contribution in [0, 0.1) is 29.6 Å². The van der Waals surface area contributed by atoms with Crippen molar-refractivity contribution < 1.29 is 81.7 Å². The zero-order valence-corrected chi connectivity index (χ0v) is 38.9. The molecule has 16 N–H and O–H groups in total. The van der Waals surface area contributed by atoms with Gasteiger partial charge in [-0.1, -0.05) is 75.7 Å². The zero-order chi connectivity index (χ0) is 47.8. The van der Waals surface area contributed by atoms with Gasteiger partial charge in [0.05, 0.1) is 62.0 Å². The van der Waals surface area contributed by atoms with Crippen LogP contribution in [0.4, 0.5) is 0 Å². The van der Waals surface area contributed by atoms with Crippen LogP contribution in [0.5, 0.6) is 0 Å². The van der Waals surface area contributed by atoms with E-state index in [1.165, 1.54) is 0 Å². The average molecular weight is 849 g/mol. The highest BCUT2D eigenvalue weighted by molar-refractivity contribution is 4.71. The molecule has 0 spiro atoms. The number of hydrogen-bond acceptors (Lipinski definition) is 16. The van der Waals surface area contributed by atoms with Crippen LogP contribution in [0.3, 0.4) is 0 Å². The molecule has 0 radical (unpaired) electrons. The summed E-state index contributed by atoms with van der Waals surface area (Å²) < 4.78 is 0. The van der Waals surface area contributed by atoms with Gasteiger partial charge in [-0.25, -0.2) is 0 Å². The zero-order valence-electron chi connectivity index (χ0n) is 38.9. The lowest BCUT2D eigenvalue weighted by Crippen LogP contribution is -2.27. The fourth-order valence-corrected chi connectivity index (χ4v) is 1.42. The highest BCUT2D eigenvalue weighted by atomic mass is 16.3. The fraction of sp³-hybridized carbons (Fsp3) is 1.00. The summed E-state index contributed by atoms with van der Waals surface area (Å²) in [5.74, 6) is 0.257. The second-order valence-electron chi connectivity index (χ2n) is 14.6. The first-order valence-corrected chi connectivity index (χ1v) is 20.5. The topological polar surface area (TPSA) is 324 Å². The van der Waals surface area contributed by atoms with Crippen LogP contribution in [0.1, 0.15) is 136 Å². The third-order valence-electron chi connectivity index (χ3n) is 7.98. The number of hydrogen-bond donors (Lipinski definition) is 16. The van der Waals surface area contributed by atoms with Gasteiger partial charge in [-0.2, -0.15) is 0 Å². The van der Waals surface area contributed by atoms with Gasteiger partial charge in [-0.3, -0.25) is 0 Å². The predicted octanol–water partition coefficient (Wildman–Crippen LogP) is 1.03. The van der Waals surface area contributed by atoms with E-state index < -0.39 is 23.9 Å². The molecule has 360 valence electrons. The Hall–Kier alpha value is -0.640. The van der Waals surface area contributed by atoms with E-state index in [1.807, 2.05) is 41.5 Å². The molecule has 0 aliphatic rings. The molecule has 0 aromatic rings. The fourth-order valence-electron chi connectivity index (χ4n) is 1.42. The normalized spacial score (nSPS) is 15.4. The van der Waals surface area contributed by atoms with Crippen molar-refractivity contribution in [1.82, 2.24) is 0 Å². The van der Waals surface area contributed by atoms with Crippen molar-refractivity contribution in [1.29, 1.82) is 0 Å². The third-order valence-corrected chi connectivity index (χ3v) is 7.98. The molecular weight excluding hydrogens is 748 g/mol. The van der Waals surface area contributed by atoms with Gasteiger partial charge in [0, 0.05) is 63.3 Å². The summed E-state index contributed by atoms with van der Waals surface area (Å²) in [5.41, 5.74) is -0.491. The Morgan fingerprint density at radius 1 is 0.404 bits per heavy atom. The van der Waals surface area contributed by atoms with Crippen molar-refractivity contribution in [2.45, 2.75) is 178 Å². The summed E-state index contributed by atoms with van der Waals surface area (Å²) in [5, 5.41) is 134. The largest absolute Gasteiger partial charge is 0.396 e. The van der Waals surface area contributed by atoms with Gasteiger partial charge in [0.15, 0.2) is 0 Å². The summed E-state index contributed by atoms with van der Waals surface area (Å²) in [6, 6.07) is 0. The van der Waals surface area contributed by atoms with Crippen LogP contribution in [-0.2, 0) is 0 Å². The van der Waals surface area contributed by atoms with Crippen molar-refractivity contribution in [2.75, 3.05) is 59.5 Å². The van der Waals surface area contributed by atoms with Gasteiger partial charge in [0.25, 0.3) is 0 Å². The Bertz CT molecular complexity index is 581. The second kappa shape index (κ2) is 59.7. The van der Waals surface area contributed by atoms with Crippen molar-refractivity contribution in [3.63, 3.8) is 0 Å². The Labute approximate surface area is 348 Å². The van der Waals surface area contributed by atoms with Crippen LogP contribution in [0.25, 0.3) is 0 Å². The molecule has 0 amide bonds. The summed E-state index contributed by atoms with van der Waals surface area (Å²) in [4.78, 5) is 0. The summed E-state index contributed by atoms with van der Waals surface area (Å²) in [6.45, 7) is 27.5. The maximum absolute atomic E-state index is 9.29. The molecular formula is C41H100O16. The quantitative estimate of drug-likeness (QED) is 0.0972. The third kappa shape index (κ3) is 87.8. The summed E-state index contributed by atoms with van der Waals surface area (Å²) in [7, 11) is 0. The minimum Gasteiger partial charge on any atom is -0.396 e. The highest BCUT2D eigenvalue weighted by Gasteiger charge is 2.19. The standard InChI is InChI=1S/C7H16O.C5H12O3.2C5H12O2.3C4H10O2.C4H10O.C3H8O/c1-5-6(2)7(3,4)8;1-4(2-6)5(8)3-7;2*1-4(3-6)5(2)7;1-4(2-5)3-6;2*1-2-4(6)3-5;1-3-4(2)5;1-2-3-4/h6,8H,5H2,1-4H3;4-8H,2-3H2,1H3;2*4-7H,3H2,1-2H3;3*4-6H,2-3H2,1H3;4-5H,3H2,1-2H3;4H,2-3H2,1H3/t6-;4-,5+;2*4-,5-;;3*4-;/m1010.100./s1. The lowest BCUT2D eigenvalue weighted by atomic mass is 9.91. The molecule has 0 saturated heterocycles. The lowest BCUT2D eigenvalue weighted by molar-refractivity contribution is 0.0234. The first kappa shape index (κ1) is 77.0. The van der Waals surface area contributed by atoms with Crippen molar-refractivity contribution in [2.24, 2.45) is 29.6 Å². The van der Waals surface area contributed by atoms with Crippen molar-refractivity contribution in [3.8, 4) is 0 Å². The van der Waals surface area contributed by atoms with Gasteiger partial charge >= 0.3 is 0 Å². The number of aliphatic hydroxyl groups excluding tert-OH is 15. The molecule has 10 atom stereocenters. The van der Waals surface area contributed by atoms with E-state index in [0.29, 0.717) is 25.4 Å². The van der Waals surface area contributed by atoms with E-state index in [9.17, 15) is 5.11 Å². The molecule has 57 heavy (non-hydrogen) atoms. The SMILES string of the molecule is CC(CO)CO.CCCO.CC[C@@H](C)C(C)(C)O.CC[C@@H](O)CO.CC[C@H](C)O.CC[C@H](O)CO.C[C@@H](CO)[C@H](O)CO.C[C@H](CO)[C@@H](C)O.C[C@H](O)[C@@H](C)CO. The molecule has 0 aliphatic heterocycles. The van der Waals surface area contributed by atoms with Crippen LogP contribution in [0.15, 0.2) is 0 Å². The van der Waals surface area contributed by atoms with Crippen LogP contribution in [-0.4, -0.2) is 183 Å². The molecule has 0 fully saturated rings. The summed E-state index contributed by atoms with van der Waals surface area (Å²) in [6.07, 6.45) is 1.37. The Kier molecular flexibility index (Phi) is 80.6. The van der Waals surface area contributed by atoms with Crippen LogP contribution >= 0.6 is 0 Å². The smallest absolute Gasteiger partial charge is 0.0818 e. The van der Waals surface area contributed by atoms with Gasteiger partial charge < -0.3 is 81.7 Å². The maximum atomic E-state index is 9.29. The van der Waals surface area contributed by atoms with Crippen LogP contribution < -0.4 is 0 Å². The van der Waals surface area contributed by atoms with E-state index in [2.05, 4.69) is 13.8 Å². The first-order chi connectivity index (χ1) is 26.2.